The summed E-state index contributed by atoms with van der Waals surface area (Å²) >= 11 is 11.7. The number of guanidine groups is 1. The predicted molar refractivity (Wildman–Crippen MR) is 129 cm³/mol. The third kappa shape index (κ3) is 7.23. The van der Waals surface area contributed by atoms with Gasteiger partial charge < -0.3 is 0 Å². The number of nitrogens with one attached hydrogen (secondary N) is 2. The van der Waals surface area contributed by atoms with Crippen LogP contribution in [0.15, 0.2) is 88.0 Å². The van der Waals surface area contributed by atoms with E-state index in [4.69, 9.17) is 23.2 Å². The van der Waals surface area contributed by atoms with E-state index in [9.17, 15) is 14.9 Å². The average Bonchev–Trinajstić information content (AvgIpc) is 2.81. The van der Waals surface area contributed by atoms with Gasteiger partial charge in [0.05, 0.1) is 17.4 Å². The van der Waals surface area contributed by atoms with Crippen molar-refractivity contribution >= 4 is 53.2 Å². The fraction of sp³-hybridized carbons (Fsp3) is 0. The summed E-state index contributed by atoms with van der Waals surface area (Å²) < 4.78 is 0. The Hall–Kier alpha value is -4.08. The molecule has 0 spiro atoms. The highest BCUT2D eigenvalue weighted by molar-refractivity contribution is 6.30. The Labute approximate surface area is 198 Å². The molecule has 1 amide bonds. The predicted octanol–water partition coefficient (Wildman–Crippen LogP) is 4.65. The van der Waals surface area contributed by atoms with Crippen LogP contribution in [-0.4, -0.2) is 29.2 Å². The number of benzene rings is 3. The number of aliphatic imine (C=N–C) groups is 1. The summed E-state index contributed by atoms with van der Waals surface area (Å²) in [5.74, 6) is -0.991. The van der Waals surface area contributed by atoms with E-state index in [1.54, 1.807) is 48.5 Å². The van der Waals surface area contributed by atoms with Gasteiger partial charge in [-0.25, -0.2) is 10.9 Å². The van der Waals surface area contributed by atoms with Crippen molar-refractivity contribution in [2.45, 2.75) is 0 Å². The average molecular weight is 483 g/mol. The van der Waals surface area contributed by atoms with E-state index in [0.717, 1.165) is 11.1 Å². The maximum absolute atomic E-state index is 12.6. The number of nitro groups is 1. The smallest absolute Gasteiger partial charge is 0.266 e. The molecule has 0 radical (unpaired) electrons. The summed E-state index contributed by atoms with van der Waals surface area (Å²) in [5, 5.41) is 20.4. The number of nitro benzene ring substituents is 1. The number of hydrogen-bond acceptors (Lipinski definition) is 5. The molecule has 3 rings (SSSR count). The lowest BCUT2D eigenvalue weighted by molar-refractivity contribution is -0.385. The lowest BCUT2D eigenvalue weighted by atomic mass is 10.2. The van der Waals surface area contributed by atoms with Gasteiger partial charge in [0, 0.05) is 16.1 Å². The molecule has 3 aromatic rings. The number of hydrazone groups is 2. The summed E-state index contributed by atoms with van der Waals surface area (Å²) in [5.41, 5.74) is 6.09. The van der Waals surface area contributed by atoms with E-state index >= 15 is 0 Å². The minimum atomic E-state index is -0.847. The fourth-order valence-electron chi connectivity index (χ4n) is 2.48. The summed E-state index contributed by atoms with van der Waals surface area (Å²) in [6, 6.07) is 19.3. The van der Waals surface area contributed by atoms with E-state index in [0.29, 0.717) is 10.0 Å². The highest BCUT2D eigenvalue weighted by Gasteiger charge is 2.19. The largest absolute Gasteiger partial charge is 0.287 e. The van der Waals surface area contributed by atoms with Crippen molar-refractivity contribution in [3.63, 3.8) is 0 Å². The van der Waals surface area contributed by atoms with E-state index in [1.165, 1.54) is 36.7 Å². The zero-order chi connectivity index (χ0) is 23.6. The van der Waals surface area contributed by atoms with Gasteiger partial charge in [0.15, 0.2) is 0 Å². The zero-order valence-electron chi connectivity index (χ0n) is 16.9. The van der Waals surface area contributed by atoms with E-state index < -0.39 is 10.8 Å². The number of halogens is 2. The van der Waals surface area contributed by atoms with Crippen LogP contribution in [0.3, 0.4) is 0 Å². The molecule has 9 nitrogen and oxygen atoms in total. The summed E-state index contributed by atoms with van der Waals surface area (Å²) in [6.07, 6.45) is 2.96. The minimum absolute atomic E-state index is 0.145. The third-order valence-corrected chi connectivity index (χ3v) is 4.56. The summed E-state index contributed by atoms with van der Waals surface area (Å²) in [7, 11) is 0. The Bertz CT molecular complexity index is 1170. The van der Waals surface area contributed by atoms with Crippen molar-refractivity contribution in [2.24, 2.45) is 15.2 Å². The number of rotatable bonds is 6. The first kappa shape index (κ1) is 23.6. The molecule has 0 aliphatic carbocycles. The quantitative estimate of drug-likeness (QED) is 0.229. The Morgan fingerprint density at radius 1 is 0.818 bits per heavy atom. The number of nitrogens with zero attached hydrogens (tertiary/aromatic N) is 4. The monoisotopic (exact) mass is 482 g/mol. The van der Waals surface area contributed by atoms with Gasteiger partial charge in [-0.2, -0.15) is 15.2 Å². The van der Waals surface area contributed by atoms with Crippen LogP contribution >= 0.6 is 23.2 Å². The molecule has 0 heterocycles. The van der Waals surface area contributed by atoms with Gasteiger partial charge in [-0.1, -0.05) is 59.6 Å². The molecule has 11 heteroatoms. The van der Waals surface area contributed by atoms with Crippen LogP contribution in [0.5, 0.6) is 0 Å². The van der Waals surface area contributed by atoms with Crippen molar-refractivity contribution in [1.29, 1.82) is 0 Å². The number of amides is 1. The van der Waals surface area contributed by atoms with Crippen molar-refractivity contribution < 1.29 is 9.72 Å². The van der Waals surface area contributed by atoms with Gasteiger partial charge in [0.2, 0.25) is 5.96 Å². The zero-order valence-corrected chi connectivity index (χ0v) is 18.4. The Balaban J connectivity index is 1.81. The Morgan fingerprint density at radius 3 is 1.79 bits per heavy atom. The van der Waals surface area contributed by atoms with Crippen LogP contribution in [0, 0.1) is 10.1 Å². The Kier molecular flexibility index (Phi) is 8.23. The van der Waals surface area contributed by atoms with Gasteiger partial charge >= 0.3 is 0 Å². The van der Waals surface area contributed by atoms with Crippen LogP contribution in [0.2, 0.25) is 10.0 Å². The number of carbonyl (C=O) groups is 1. The number of carbonyl (C=O) groups excluding carboxylic acids is 1. The first-order valence-corrected chi connectivity index (χ1v) is 10.1. The molecule has 0 saturated carbocycles. The first-order valence-electron chi connectivity index (χ1n) is 9.38. The van der Waals surface area contributed by atoms with Crippen LogP contribution in [0.25, 0.3) is 0 Å². The van der Waals surface area contributed by atoms with Crippen molar-refractivity contribution in [3.8, 4) is 0 Å². The SMILES string of the molecule is O=C(N=C(N/N=C/c1ccc(Cl)cc1)N/N=C/c1ccc(Cl)cc1)c1ccccc1[N+](=O)[O-]. The molecule has 0 bridgehead atoms. The molecular formula is C22H16Cl2N6O3. The second kappa shape index (κ2) is 11.5. The minimum Gasteiger partial charge on any atom is -0.266 e. The molecule has 3 aromatic carbocycles. The van der Waals surface area contributed by atoms with E-state index in [1.807, 2.05) is 0 Å². The molecule has 166 valence electrons. The van der Waals surface area contributed by atoms with Crippen LogP contribution < -0.4 is 10.9 Å². The fourth-order valence-corrected chi connectivity index (χ4v) is 2.74. The molecule has 0 saturated heterocycles. The standard InChI is InChI=1S/C22H16Cl2N6O3/c23-17-9-5-15(6-10-17)13-25-28-22(29-26-14-16-7-11-18(24)12-8-16)27-21(31)19-3-1-2-4-20(19)30(32)33/h1-14H,(H2,27,28,29,31)/b25-13+,26-14+. The molecule has 0 aliphatic rings. The third-order valence-electron chi connectivity index (χ3n) is 4.05. The first-order chi connectivity index (χ1) is 15.9. The molecule has 0 aromatic heterocycles. The second-order valence-corrected chi connectivity index (χ2v) is 7.26. The lowest BCUT2D eigenvalue weighted by Gasteiger charge is -2.05. The van der Waals surface area contributed by atoms with Gasteiger partial charge in [0.25, 0.3) is 11.6 Å². The number of para-hydroxylation sites is 1. The van der Waals surface area contributed by atoms with Crippen LogP contribution in [0.4, 0.5) is 5.69 Å². The summed E-state index contributed by atoms with van der Waals surface area (Å²) in [6.45, 7) is 0. The maximum atomic E-state index is 12.6. The van der Waals surface area contributed by atoms with E-state index in [2.05, 4.69) is 26.0 Å². The van der Waals surface area contributed by atoms with E-state index in [-0.39, 0.29) is 17.2 Å². The molecule has 0 atom stereocenters. The van der Waals surface area contributed by atoms with Crippen molar-refractivity contribution in [2.75, 3.05) is 0 Å². The molecule has 33 heavy (non-hydrogen) atoms. The van der Waals surface area contributed by atoms with Crippen molar-refractivity contribution in [3.05, 3.63) is 110 Å². The number of hydrogen-bond donors (Lipinski definition) is 2. The normalized spacial score (nSPS) is 10.8. The topological polar surface area (TPSA) is 121 Å². The summed E-state index contributed by atoms with van der Waals surface area (Å²) in [4.78, 5) is 27.1. The molecular weight excluding hydrogens is 467 g/mol. The van der Waals surface area contributed by atoms with Gasteiger partial charge in [-0.3, -0.25) is 14.9 Å². The second-order valence-electron chi connectivity index (χ2n) is 6.38. The lowest BCUT2D eigenvalue weighted by Crippen LogP contribution is -2.32. The molecule has 0 fully saturated rings. The van der Waals surface area contributed by atoms with Gasteiger partial charge in [-0.05, 0) is 41.5 Å². The maximum Gasteiger partial charge on any atom is 0.287 e. The van der Waals surface area contributed by atoms with Gasteiger partial charge in [0.1, 0.15) is 5.56 Å². The van der Waals surface area contributed by atoms with Gasteiger partial charge in [-0.15, -0.1) is 0 Å². The van der Waals surface area contributed by atoms with Crippen LogP contribution in [0.1, 0.15) is 21.5 Å². The molecule has 0 aliphatic heterocycles. The van der Waals surface area contributed by atoms with Crippen LogP contribution in [-0.2, 0) is 0 Å². The Morgan fingerprint density at radius 2 is 1.30 bits per heavy atom. The highest BCUT2D eigenvalue weighted by Crippen LogP contribution is 2.18. The highest BCUT2D eigenvalue weighted by atomic mass is 35.5. The molecule has 2 N–H and O–H groups in total. The van der Waals surface area contributed by atoms with Crippen molar-refractivity contribution in [1.82, 2.24) is 10.9 Å². The molecule has 0 unspecified atom stereocenters.